The predicted molar refractivity (Wildman–Crippen MR) is 81.7 cm³/mol. The van der Waals surface area contributed by atoms with E-state index >= 15 is 0 Å². The molecule has 1 saturated heterocycles. The molecule has 1 aliphatic heterocycles. The minimum absolute atomic E-state index is 0.0528. The molecule has 0 aromatic carbocycles. The van der Waals surface area contributed by atoms with Crippen molar-refractivity contribution in [3.8, 4) is 0 Å². The van der Waals surface area contributed by atoms with E-state index in [1.54, 1.807) is 12.3 Å². The first-order chi connectivity index (χ1) is 9.98. The second-order valence-corrected chi connectivity index (χ2v) is 7.22. The topological polar surface area (TPSA) is 63.6 Å². The number of aromatic nitrogens is 1. The molecule has 21 heavy (non-hydrogen) atoms. The van der Waals surface area contributed by atoms with Crippen LogP contribution < -0.4 is 5.32 Å². The van der Waals surface area contributed by atoms with E-state index in [1.807, 2.05) is 25.3 Å². The molecule has 1 N–H and O–H groups in total. The maximum absolute atomic E-state index is 12.7. The van der Waals surface area contributed by atoms with Crippen LogP contribution in [-0.4, -0.2) is 49.6 Å². The number of nitrogens with one attached hydrogen (secondary N) is 1. The zero-order valence-electron chi connectivity index (χ0n) is 13.0. The van der Waals surface area contributed by atoms with E-state index in [9.17, 15) is 8.42 Å². The Bertz CT molecular complexity index is 568. The van der Waals surface area contributed by atoms with Crippen LogP contribution in [0.3, 0.4) is 0 Å². The summed E-state index contributed by atoms with van der Waals surface area (Å²) in [5, 5.41) is 3.24. The molecule has 0 radical (unpaired) electrons. The van der Waals surface area contributed by atoms with Crippen LogP contribution in [0.2, 0.25) is 0 Å². The summed E-state index contributed by atoms with van der Waals surface area (Å²) in [6.07, 6.45) is 1.69. The summed E-state index contributed by atoms with van der Waals surface area (Å²) >= 11 is 0. The summed E-state index contributed by atoms with van der Waals surface area (Å²) in [6.45, 7) is 9.55. The van der Waals surface area contributed by atoms with Gasteiger partial charge in [-0.05, 0) is 26.5 Å². The third-order valence-electron chi connectivity index (χ3n) is 3.70. The highest BCUT2D eigenvalue weighted by Gasteiger charge is 2.30. The molecule has 2 heterocycles. The Hall–Kier alpha value is -0.890. The van der Waals surface area contributed by atoms with E-state index < -0.39 is 10.0 Å². The fourth-order valence-corrected chi connectivity index (χ4v) is 4.08. The van der Waals surface area contributed by atoms with Gasteiger partial charge in [0.25, 0.3) is 0 Å². The Morgan fingerprint density at radius 2 is 2.19 bits per heavy atom. The Morgan fingerprint density at radius 3 is 2.81 bits per heavy atom. The van der Waals surface area contributed by atoms with Gasteiger partial charge in [-0.1, -0.05) is 6.92 Å². The number of ether oxygens (including phenoxy) is 1. The van der Waals surface area contributed by atoms with E-state index in [0.29, 0.717) is 31.1 Å². The molecule has 0 aliphatic carbocycles. The second kappa shape index (κ2) is 6.91. The van der Waals surface area contributed by atoms with E-state index in [4.69, 9.17) is 4.74 Å². The van der Waals surface area contributed by atoms with Crippen LogP contribution in [0.5, 0.6) is 0 Å². The standard InChI is InChI=1S/C14H25N3O3S/c1-4-15-9-13-8-14(11-16(13)5-2)21(18,19)17-6-7-20-12(3)10-17/h8,11-12,15H,4-7,9-10H2,1-3H3. The molecule has 7 heteroatoms. The molecule has 6 nitrogen and oxygen atoms in total. The van der Waals surface area contributed by atoms with Crippen LogP contribution in [-0.2, 0) is 27.8 Å². The monoisotopic (exact) mass is 315 g/mol. The molecule has 1 unspecified atom stereocenters. The van der Waals surface area contributed by atoms with Crippen molar-refractivity contribution < 1.29 is 13.2 Å². The largest absolute Gasteiger partial charge is 0.376 e. The smallest absolute Gasteiger partial charge is 0.244 e. The van der Waals surface area contributed by atoms with Crippen molar-refractivity contribution >= 4 is 10.0 Å². The van der Waals surface area contributed by atoms with E-state index in [1.165, 1.54) is 4.31 Å². The molecule has 0 saturated carbocycles. The summed E-state index contributed by atoms with van der Waals surface area (Å²) in [6, 6.07) is 1.78. The lowest BCUT2D eigenvalue weighted by Crippen LogP contribution is -2.44. The summed E-state index contributed by atoms with van der Waals surface area (Å²) in [7, 11) is -3.43. The summed E-state index contributed by atoms with van der Waals surface area (Å²) < 4.78 is 34.4. The molecular weight excluding hydrogens is 290 g/mol. The number of hydrogen-bond acceptors (Lipinski definition) is 4. The molecule has 0 amide bonds. The predicted octanol–water partition coefficient (Wildman–Crippen LogP) is 1.03. The number of nitrogens with zero attached hydrogens (tertiary/aromatic N) is 2. The summed E-state index contributed by atoms with van der Waals surface area (Å²) in [5.41, 5.74) is 0.999. The van der Waals surface area contributed by atoms with Crippen molar-refractivity contribution in [2.75, 3.05) is 26.2 Å². The Balaban J connectivity index is 2.25. The Labute approximate surface area is 127 Å². The van der Waals surface area contributed by atoms with Gasteiger partial charge in [-0.2, -0.15) is 4.31 Å². The first-order valence-corrected chi connectivity index (χ1v) is 8.94. The SMILES string of the molecule is CCNCc1cc(S(=O)(=O)N2CCOC(C)C2)cn1CC. The lowest BCUT2D eigenvalue weighted by molar-refractivity contribution is 0.0102. The molecule has 1 fully saturated rings. The Morgan fingerprint density at radius 1 is 1.43 bits per heavy atom. The fourth-order valence-electron chi connectivity index (χ4n) is 2.52. The minimum Gasteiger partial charge on any atom is -0.376 e. The molecule has 0 spiro atoms. The normalized spacial score (nSPS) is 20.8. The van der Waals surface area contributed by atoms with E-state index in [0.717, 1.165) is 18.8 Å². The van der Waals surface area contributed by atoms with Crippen molar-refractivity contribution in [1.29, 1.82) is 0 Å². The summed E-state index contributed by atoms with van der Waals surface area (Å²) in [4.78, 5) is 0.381. The quantitative estimate of drug-likeness (QED) is 0.851. The lowest BCUT2D eigenvalue weighted by atomic mass is 10.3. The first-order valence-electron chi connectivity index (χ1n) is 7.50. The van der Waals surface area contributed by atoms with Crippen molar-refractivity contribution in [3.05, 3.63) is 18.0 Å². The van der Waals surface area contributed by atoms with Crippen molar-refractivity contribution in [1.82, 2.24) is 14.2 Å². The van der Waals surface area contributed by atoms with Crippen LogP contribution in [0.1, 0.15) is 26.5 Å². The average Bonchev–Trinajstić information content (AvgIpc) is 2.89. The van der Waals surface area contributed by atoms with Gasteiger partial charge in [0, 0.05) is 38.1 Å². The number of aryl methyl sites for hydroxylation is 1. The first kappa shape index (κ1) is 16.5. The van der Waals surface area contributed by atoms with Crippen LogP contribution >= 0.6 is 0 Å². The van der Waals surface area contributed by atoms with Gasteiger partial charge < -0.3 is 14.6 Å². The van der Waals surface area contributed by atoms with Crippen LogP contribution in [0.25, 0.3) is 0 Å². The maximum atomic E-state index is 12.7. The molecule has 1 aromatic rings. The zero-order valence-corrected chi connectivity index (χ0v) is 13.8. The highest BCUT2D eigenvalue weighted by molar-refractivity contribution is 7.89. The van der Waals surface area contributed by atoms with Gasteiger partial charge in [-0.15, -0.1) is 0 Å². The van der Waals surface area contributed by atoms with Crippen LogP contribution in [0, 0.1) is 0 Å². The number of sulfonamides is 1. The third-order valence-corrected chi connectivity index (χ3v) is 5.53. The molecule has 1 atom stereocenters. The van der Waals surface area contributed by atoms with Gasteiger partial charge in [0.05, 0.1) is 12.7 Å². The molecule has 2 rings (SSSR count). The molecule has 120 valence electrons. The number of rotatable bonds is 6. The second-order valence-electron chi connectivity index (χ2n) is 5.28. The van der Waals surface area contributed by atoms with Gasteiger partial charge in [-0.25, -0.2) is 8.42 Å². The molecular formula is C14H25N3O3S. The highest BCUT2D eigenvalue weighted by atomic mass is 32.2. The van der Waals surface area contributed by atoms with E-state index in [2.05, 4.69) is 5.32 Å². The maximum Gasteiger partial charge on any atom is 0.244 e. The number of hydrogen-bond donors (Lipinski definition) is 1. The van der Waals surface area contributed by atoms with Crippen molar-refractivity contribution in [3.63, 3.8) is 0 Å². The van der Waals surface area contributed by atoms with Crippen molar-refractivity contribution in [2.24, 2.45) is 0 Å². The molecule has 0 bridgehead atoms. The lowest BCUT2D eigenvalue weighted by Gasteiger charge is -2.29. The molecule has 1 aliphatic rings. The van der Waals surface area contributed by atoms with Crippen molar-refractivity contribution in [2.45, 2.75) is 44.9 Å². The summed E-state index contributed by atoms with van der Waals surface area (Å²) in [5.74, 6) is 0. The molecule has 1 aromatic heterocycles. The van der Waals surface area contributed by atoms with E-state index in [-0.39, 0.29) is 6.10 Å². The van der Waals surface area contributed by atoms with Gasteiger partial charge in [-0.3, -0.25) is 0 Å². The van der Waals surface area contributed by atoms with Crippen LogP contribution in [0.4, 0.5) is 0 Å². The fraction of sp³-hybridized carbons (Fsp3) is 0.714. The Kier molecular flexibility index (Phi) is 5.43. The van der Waals surface area contributed by atoms with Gasteiger partial charge in [0.15, 0.2) is 0 Å². The van der Waals surface area contributed by atoms with Crippen LogP contribution in [0.15, 0.2) is 17.2 Å². The van der Waals surface area contributed by atoms with Gasteiger partial charge in [0.2, 0.25) is 10.0 Å². The van der Waals surface area contributed by atoms with Gasteiger partial charge in [0.1, 0.15) is 4.90 Å². The third kappa shape index (κ3) is 3.66. The number of morpholine rings is 1. The highest BCUT2D eigenvalue weighted by Crippen LogP contribution is 2.21. The average molecular weight is 315 g/mol. The zero-order chi connectivity index (χ0) is 15.5. The minimum atomic E-state index is -3.43. The van der Waals surface area contributed by atoms with Gasteiger partial charge >= 0.3 is 0 Å².